The third-order valence-corrected chi connectivity index (χ3v) is 2.54. The van der Waals surface area contributed by atoms with E-state index < -0.39 is 0 Å². The third kappa shape index (κ3) is 3.47. The lowest BCUT2D eigenvalue weighted by atomic mass is 10.2. The van der Waals surface area contributed by atoms with Gasteiger partial charge in [-0.2, -0.15) is 10.2 Å². The highest BCUT2D eigenvalue weighted by Crippen LogP contribution is 1.98. The number of Topliss-reactive ketones (excluding diaryl/α,β-unsaturated/α-hetero) is 1. The molecule has 7 nitrogen and oxygen atoms in total. The van der Waals surface area contributed by atoms with E-state index >= 15 is 0 Å². The van der Waals surface area contributed by atoms with Gasteiger partial charge in [0.25, 0.3) is 0 Å². The van der Waals surface area contributed by atoms with E-state index in [0.29, 0.717) is 25.9 Å². The SMILES string of the molecule is Cc1ncn(CCC(=O)CCn2cnc(C)n2)n1. The Labute approximate surface area is 105 Å². The number of rotatable bonds is 6. The molecule has 0 bridgehead atoms. The van der Waals surface area contributed by atoms with Crippen LogP contribution in [0.4, 0.5) is 0 Å². The van der Waals surface area contributed by atoms with Crippen molar-refractivity contribution in [3.05, 3.63) is 24.3 Å². The Balaban J connectivity index is 1.72. The van der Waals surface area contributed by atoms with Crippen LogP contribution in [0.25, 0.3) is 0 Å². The lowest BCUT2D eigenvalue weighted by Gasteiger charge is -2.01. The minimum absolute atomic E-state index is 0.191. The standard InChI is InChI=1S/C11H16N6O/c1-9-12-7-16(14-9)5-3-11(18)4-6-17-8-13-10(2)15-17/h7-8H,3-6H2,1-2H3. The summed E-state index contributed by atoms with van der Waals surface area (Å²) < 4.78 is 3.37. The second-order valence-corrected chi connectivity index (χ2v) is 4.15. The van der Waals surface area contributed by atoms with Crippen LogP contribution in [0.5, 0.6) is 0 Å². The van der Waals surface area contributed by atoms with Crippen LogP contribution in [-0.4, -0.2) is 35.3 Å². The second-order valence-electron chi connectivity index (χ2n) is 4.15. The van der Waals surface area contributed by atoms with Crippen LogP contribution in [0.1, 0.15) is 24.5 Å². The van der Waals surface area contributed by atoms with Crippen molar-refractivity contribution in [1.82, 2.24) is 29.5 Å². The van der Waals surface area contributed by atoms with Crippen molar-refractivity contribution in [3.63, 3.8) is 0 Å². The van der Waals surface area contributed by atoms with Crippen LogP contribution in [0.3, 0.4) is 0 Å². The summed E-state index contributed by atoms with van der Waals surface area (Å²) in [6.07, 6.45) is 4.22. The fraction of sp³-hybridized carbons (Fsp3) is 0.545. The normalized spacial score (nSPS) is 10.8. The maximum Gasteiger partial charge on any atom is 0.147 e. The molecule has 0 spiro atoms. The van der Waals surface area contributed by atoms with E-state index in [9.17, 15) is 4.79 Å². The molecule has 7 heteroatoms. The highest BCUT2D eigenvalue weighted by Gasteiger charge is 2.05. The highest BCUT2D eigenvalue weighted by molar-refractivity contribution is 5.78. The largest absolute Gasteiger partial charge is 0.300 e. The van der Waals surface area contributed by atoms with Crippen LogP contribution >= 0.6 is 0 Å². The van der Waals surface area contributed by atoms with Crippen LogP contribution in [0.15, 0.2) is 12.7 Å². The Morgan fingerprint density at radius 3 is 1.78 bits per heavy atom. The number of hydrogen-bond donors (Lipinski definition) is 0. The molecule has 2 rings (SSSR count). The molecule has 0 saturated carbocycles. The van der Waals surface area contributed by atoms with E-state index in [4.69, 9.17) is 0 Å². The van der Waals surface area contributed by atoms with Gasteiger partial charge < -0.3 is 0 Å². The zero-order valence-electron chi connectivity index (χ0n) is 10.6. The number of ketones is 1. The molecule has 2 aromatic rings. The average Bonchev–Trinajstić information content (AvgIpc) is 2.93. The van der Waals surface area contributed by atoms with Gasteiger partial charge in [-0.15, -0.1) is 0 Å². The first-order valence-corrected chi connectivity index (χ1v) is 5.87. The van der Waals surface area contributed by atoms with Crippen LogP contribution in [0.2, 0.25) is 0 Å². The monoisotopic (exact) mass is 248 g/mol. The van der Waals surface area contributed by atoms with Crippen molar-refractivity contribution in [3.8, 4) is 0 Å². The van der Waals surface area contributed by atoms with E-state index in [1.165, 1.54) is 0 Å². The second kappa shape index (κ2) is 5.52. The van der Waals surface area contributed by atoms with E-state index in [1.807, 2.05) is 13.8 Å². The van der Waals surface area contributed by atoms with Gasteiger partial charge in [-0.25, -0.2) is 9.97 Å². The molecule has 0 aliphatic carbocycles. The highest BCUT2D eigenvalue weighted by atomic mass is 16.1. The van der Waals surface area contributed by atoms with Crippen molar-refractivity contribution >= 4 is 5.78 Å². The number of nitrogens with zero attached hydrogens (tertiary/aromatic N) is 6. The van der Waals surface area contributed by atoms with Gasteiger partial charge in [0, 0.05) is 25.9 Å². The van der Waals surface area contributed by atoms with Crippen molar-refractivity contribution in [2.24, 2.45) is 0 Å². The molecule has 0 radical (unpaired) electrons. The first-order chi connectivity index (χ1) is 8.63. The molecule has 96 valence electrons. The zero-order chi connectivity index (χ0) is 13.0. The Kier molecular flexibility index (Phi) is 3.81. The Bertz CT molecular complexity index is 483. The van der Waals surface area contributed by atoms with Gasteiger partial charge in [-0.3, -0.25) is 14.2 Å². The van der Waals surface area contributed by atoms with E-state index in [0.717, 1.165) is 11.6 Å². The molecular weight excluding hydrogens is 232 g/mol. The van der Waals surface area contributed by atoms with Crippen molar-refractivity contribution < 1.29 is 4.79 Å². The number of hydrogen-bond acceptors (Lipinski definition) is 5. The van der Waals surface area contributed by atoms with Gasteiger partial charge in [0.2, 0.25) is 0 Å². The molecule has 0 amide bonds. The van der Waals surface area contributed by atoms with Gasteiger partial charge in [0.15, 0.2) is 0 Å². The minimum Gasteiger partial charge on any atom is -0.300 e. The first kappa shape index (κ1) is 12.4. The summed E-state index contributed by atoms with van der Waals surface area (Å²) in [7, 11) is 0. The van der Waals surface area contributed by atoms with Crippen molar-refractivity contribution in [1.29, 1.82) is 0 Å². The predicted molar refractivity (Wildman–Crippen MR) is 63.8 cm³/mol. The summed E-state index contributed by atoms with van der Waals surface area (Å²) in [6.45, 7) is 4.81. The molecule has 2 heterocycles. The number of carbonyl (C=O) groups is 1. The fourth-order valence-corrected chi connectivity index (χ4v) is 1.59. The van der Waals surface area contributed by atoms with Gasteiger partial charge in [0.05, 0.1) is 0 Å². The molecular formula is C11H16N6O. The summed E-state index contributed by atoms with van der Waals surface area (Å²) in [6, 6.07) is 0. The average molecular weight is 248 g/mol. The van der Waals surface area contributed by atoms with Gasteiger partial charge >= 0.3 is 0 Å². The van der Waals surface area contributed by atoms with Gasteiger partial charge in [-0.1, -0.05) is 0 Å². The quantitative estimate of drug-likeness (QED) is 0.745. The molecule has 0 saturated heterocycles. The summed E-state index contributed by atoms with van der Waals surface area (Å²) in [5, 5.41) is 8.26. The molecule has 0 unspecified atom stereocenters. The van der Waals surface area contributed by atoms with E-state index in [2.05, 4.69) is 20.2 Å². The maximum atomic E-state index is 11.7. The van der Waals surface area contributed by atoms with E-state index in [1.54, 1.807) is 22.0 Å². The number of aromatic nitrogens is 6. The van der Waals surface area contributed by atoms with Gasteiger partial charge in [-0.05, 0) is 13.8 Å². The summed E-state index contributed by atoms with van der Waals surface area (Å²) in [4.78, 5) is 19.7. The Morgan fingerprint density at radius 2 is 1.44 bits per heavy atom. The lowest BCUT2D eigenvalue weighted by molar-refractivity contribution is -0.119. The zero-order valence-corrected chi connectivity index (χ0v) is 10.6. The molecule has 2 aromatic heterocycles. The van der Waals surface area contributed by atoms with Crippen LogP contribution in [-0.2, 0) is 17.9 Å². The van der Waals surface area contributed by atoms with Crippen molar-refractivity contribution in [2.75, 3.05) is 0 Å². The minimum atomic E-state index is 0.191. The molecule has 0 aliphatic heterocycles. The molecule has 0 atom stereocenters. The van der Waals surface area contributed by atoms with E-state index in [-0.39, 0.29) is 5.78 Å². The Morgan fingerprint density at radius 1 is 1.00 bits per heavy atom. The summed E-state index contributed by atoms with van der Waals surface area (Å²) >= 11 is 0. The Hall–Kier alpha value is -2.05. The first-order valence-electron chi connectivity index (χ1n) is 5.87. The topological polar surface area (TPSA) is 78.5 Å². The number of carbonyl (C=O) groups excluding carboxylic acids is 1. The predicted octanol–water partition coefficient (Wildman–Crippen LogP) is 0.536. The molecule has 18 heavy (non-hydrogen) atoms. The fourth-order valence-electron chi connectivity index (χ4n) is 1.59. The third-order valence-electron chi connectivity index (χ3n) is 2.54. The van der Waals surface area contributed by atoms with Crippen LogP contribution in [0, 0.1) is 13.8 Å². The molecule has 0 fully saturated rings. The molecule has 0 aromatic carbocycles. The molecule has 0 aliphatic rings. The summed E-state index contributed by atoms with van der Waals surface area (Å²) in [5.74, 6) is 1.64. The molecule has 0 N–H and O–H groups in total. The smallest absolute Gasteiger partial charge is 0.147 e. The van der Waals surface area contributed by atoms with Crippen LogP contribution < -0.4 is 0 Å². The number of aryl methyl sites for hydroxylation is 4. The maximum absolute atomic E-state index is 11.7. The van der Waals surface area contributed by atoms with Gasteiger partial charge in [0.1, 0.15) is 30.1 Å². The summed E-state index contributed by atoms with van der Waals surface area (Å²) in [5.41, 5.74) is 0. The lowest BCUT2D eigenvalue weighted by Crippen LogP contribution is -2.10. The van der Waals surface area contributed by atoms with Crippen molar-refractivity contribution in [2.45, 2.75) is 39.8 Å².